The molecule has 0 unspecified atom stereocenters. The van der Waals surface area contributed by atoms with Gasteiger partial charge in [-0.3, -0.25) is 9.59 Å². The largest absolute Gasteiger partial charge is 0.338 e. The number of para-hydroxylation sites is 1. The zero-order valence-corrected chi connectivity index (χ0v) is 13.1. The van der Waals surface area contributed by atoms with E-state index in [0.717, 1.165) is 11.4 Å². The van der Waals surface area contributed by atoms with E-state index in [2.05, 4.69) is 5.10 Å². The van der Waals surface area contributed by atoms with Gasteiger partial charge in [-0.25, -0.2) is 9.07 Å². The Balaban J connectivity index is 1.51. The maximum atomic E-state index is 13.2. The molecule has 6 nitrogen and oxygen atoms in total. The molecule has 1 aromatic carbocycles. The number of hydrogen-bond acceptors (Lipinski definition) is 3. The molecule has 1 saturated heterocycles. The smallest absolute Gasteiger partial charge is 0.258 e. The number of hydrogen-bond donors (Lipinski definition) is 0. The summed E-state index contributed by atoms with van der Waals surface area (Å²) >= 11 is 0. The van der Waals surface area contributed by atoms with Crippen molar-refractivity contribution in [3.8, 4) is 5.69 Å². The van der Waals surface area contributed by atoms with Gasteiger partial charge in [-0.1, -0.05) is 18.2 Å². The minimum Gasteiger partial charge on any atom is -0.338 e. The van der Waals surface area contributed by atoms with Gasteiger partial charge in [0, 0.05) is 6.54 Å². The van der Waals surface area contributed by atoms with Crippen molar-refractivity contribution in [3.63, 3.8) is 0 Å². The zero-order valence-electron chi connectivity index (χ0n) is 13.1. The third-order valence-corrected chi connectivity index (χ3v) is 4.54. The van der Waals surface area contributed by atoms with Gasteiger partial charge >= 0.3 is 0 Å². The monoisotopic (exact) mass is 328 g/mol. The van der Waals surface area contributed by atoms with Crippen LogP contribution in [0.1, 0.15) is 22.5 Å². The number of likely N-dealkylation sites (tertiary alicyclic amines) is 1. The standard InChI is InChI=1S/C17H17FN4O2/c18-12-6-7-20(9-12)16(23)11-21-10-15-14(17(21)24)8-19-22(15)13-4-2-1-3-5-13/h1-5,8,12H,6-7,9-11H2/t12-/m1/s1. The summed E-state index contributed by atoms with van der Waals surface area (Å²) in [4.78, 5) is 27.7. The molecule has 1 fully saturated rings. The summed E-state index contributed by atoms with van der Waals surface area (Å²) in [5.41, 5.74) is 2.18. The second-order valence-electron chi connectivity index (χ2n) is 6.14. The summed E-state index contributed by atoms with van der Waals surface area (Å²) in [7, 11) is 0. The van der Waals surface area contributed by atoms with Crippen molar-refractivity contribution >= 4 is 11.8 Å². The number of fused-ring (bicyclic) bond motifs is 1. The van der Waals surface area contributed by atoms with Gasteiger partial charge in [-0.15, -0.1) is 0 Å². The van der Waals surface area contributed by atoms with E-state index in [4.69, 9.17) is 0 Å². The minimum absolute atomic E-state index is 0.0188. The summed E-state index contributed by atoms with van der Waals surface area (Å²) in [6, 6.07) is 9.55. The number of alkyl halides is 1. The molecule has 0 saturated carbocycles. The second kappa shape index (κ2) is 5.74. The van der Waals surface area contributed by atoms with Crippen molar-refractivity contribution in [1.29, 1.82) is 0 Å². The van der Waals surface area contributed by atoms with E-state index < -0.39 is 6.17 Å². The van der Waals surface area contributed by atoms with E-state index in [1.807, 2.05) is 30.3 Å². The first-order valence-corrected chi connectivity index (χ1v) is 7.97. The van der Waals surface area contributed by atoms with Gasteiger partial charge in [-0.2, -0.15) is 5.10 Å². The average Bonchev–Trinajstić information content (AvgIpc) is 3.27. The Kier molecular flexibility index (Phi) is 3.55. The number of nitrogens with zero attached hydrogens (tertiary/aromatic N) is 4. The molecule has 7 heteroatoms. The van der Waals surface area contributed by atoms with Crippen LogP contribution in [-0.2, 0) is 11.3 Å². The molecule has 0 radical (unpaired) electrons. The lowest BCUT2D eigenvalue weighted by molar-refractivity contribution is -0.131. The van der Waals surface area contributed by atoms with Crippen LogP contribution in [0.2, 0.25) is 0 Å². The Morgan fingerprint density at radius 1 is 1.29 bits per heavy atom. The third-order valence-electron chi connectivity index (χ3n) is 4.54. The summed E-state index contributed by atoms with van der Waals surface area (Å²) in [6.45, 7) is 0.870. The fraction of sp³-hybridized carbons (Fsp3) is 0.353. The number of amides is 2. The van der Waals surface area contributed by atoms with E-state index in [1.54, 1.807) is 10.9 Å². The molecule has 0 aliphatic carbocycles. The van der Waals surface area contributed by atoms with Crippen LogP contribution in [0.15, 0.2) is 36.5 Å². The lowest BCUT2D eigenvalue weighted by atomic mass is 10.2. The van der Waals surface area contributed by atoms with Crippen LogP contribution in [0.4, 0.5) is 4.39 Å². The van der Waals surface area contributed by atoms with Gasteiger partial charge in [0.25, 0.3) is 5.91 Å². The molecule has 2 amide bonds. The van der Waals surface area contributed by atoms with Crippen LogP contribution < -0.4 is 0 Å². The zero-order chi connectivity index (χ0) is 16.7. The molecular formula is C17H17FN4O2. The van der Waals surface area contributed by atoms with E-state index in [9.17, 15) is 14.0 Å². The van der Waals surface area contributed by atoms with E-state index in [-0.39, 0.29) is 24.9 Å². The molecule has 2 aliphatic heterocycles. The van der Waals surface area contributed by atoms with Crippen molar-refractivity contribution in [2.24, 2.45) is 0 Å². The number of benzene rings is 1. The first-order chi connectivity index (χ1) is 11.6. The van der Waals surface area contributed by atoms with Crippen LogP contribution >= 0.6 is 0 Å². The average molecular weight is 328 g/mol. The highest BCUT2D eigenvalue weighted by molar-refractivity contribution is 5.99. The SMILES string of the molecule is O=C(CN1Cc2c(cnn2-c2ccccc2)C1=O)N1CC[C@@H](F)C1. The Bertz CT molecular complexity index is 789. The van der Waals surface area contributed by atoms with Crippen molar-refractivity contribution < 1.29 is 14.0 Å². The maximum absolute atomic E-state index is 13.2. The fourth-order valence-corrected chi connectivity index (χ4v) is 3.25. The molecule has 3 heterocycles. The van der Waals surface area contributed by atoms with E-state index in [0.29, 0.717) is 25.1 Å². The number of aromatic nitrogens is 2. The van der Waals surface area contributed by atoms with Crippen LogP contribution in [0.5, 0.6) is 0 Å². The Labute approximate surface area is 138 Å². The second-order valence-corrected chi connectivity index (χ2v) is 6.14. The molecule has 24 heavy (non-hydrogen) atoms. The van der Waals surface area contributed by atoms with Crippen molar-refractivity contribution in [2.75, 3.05) is 19.6 Å². The van der Waals surface area contributed by atoms with E-state index >= 15 is 0 Å². The van der Waals surface area contributed by atoms with Gasteiger partial charge in [0.1, 0.15) is 12.7 Å². The van der Waals surface area contributed by atoms with Gasteiger partial charge in [0.15, 0.2) is 0 Å². The van der Waals surface area contributed by atoms with Gasteiger partial charge in [0.05, 0.1) is 36.2 Å². The van der Waals surface area contributed by atoms with Gasteiger partial charge in [0.2, 0.25) is 5.91 Å². The molecule has 2 aliphatic rings. The summed E-state index contributed by atoms with van der Waals surface area (Å²) in [5, 5.41) is 4.28. The predicted octanol–water partition coefficient (Wildman–Crippen LogP) is 1.40. The Hall–Kier alpha value is -2.70. The third kappa shape index (κ3) is 2.46. The Morgan fingerprint density at radius 3 is 2.79 bits per heavy atom. The Morgan fingerprint density at radius 2 is 2.08 bits per heavy atom. The number of carbonyl (C=O) groups excluding carboxylic acids is 2. The molecule has 124 valence electrons. The van der Waals surface area contributed by atoms with Crippen LogP contribution in [-0.4, -0.2) is 57.2 Å². The molecule has 2 aromatic rings. The van der Waals surface area contributed by atoms with Gasteiger partial charge < -0.3 is 9.80 Å². The number of rotatable bonds is 3. The number of carbonyl (C=O) groups is 2. The summed E-state index contributed by atoms with van der Waals surface area (Å²) in [5.74, 6) is -0.399. The predicted molar refractivity (Wildman–Crippen MR) is 84.4 cm³/mol. The highest BCUT2D eigenvalue weighted by atomic mass is 19.1. The molecule has 0 bridgehead atoms. The molecule has 1 atom stereocenters. The highest BCUT2D eigenvalue weighted by Crippen LogP contribution is 2.25. The van der Waals surface area contributed by atoms with Gasteiger partial charge in [-0.05, 0) is 18.6 Å². The minimum atomic E-state index is -0.952. The van der Waals surface area contributed by atoms with E-state index in [1.165, 1.54) is 9.80 Å². The molecule has 0 spiro atoms. The lowest BCUT2D eigenvalue weighted by Gasteiger charge is -2.21. The normalized spacial score (nSPS) is 19.9. The summed E-state index contributed by atoms with van der Waals surface area (Å²) in [6.07, 6.45) is 0.970. The highest BCUT2D eigenvalue weighted by Gasteiger charge is 2.35. The van der Waals surface area contributed by atoms with Crippen LogP contribution in [0.3, 0.4) is 0 Å². The molecule has 1 aromatic heterocycles. The fourth-order valence-electron chi connectivity index (χ4n) is 3.25. The van der Waals surface area contributed by atoms with Crippen molar-refractivity contribution in [3.05, 3.63) is 47.8 Å². The maximum Gasteiger partial charge on any atom is 0.258 e. The number of halogens is 1. The van der Waals surface area contributed by atoms with Crippen LogP contribution in [0.25, 0.3) is 5.69 Å². The molecule has 0 N–H and O–H groups in total. The molecular weight excluding hydrogens is 311 g/mol. The first kappa shape index (κ1) is 14.9. The molecule has 4 rings (SSSR count). The van der Waals surface area contributed by atoms with Crippen LogP contribution in [0, 0.1) is 0 Å². The van der Waals surface area contributed by atoms with Crippen molar-refractivity contribution in [2.45, 2.75) is 19.1 Å². The van der Waals surface area contributed by atoms with Crippen molar-refractivity contribution in [1.82, 2.24) is 19.6 Å². The quantitative estimate of drug-likeness (QED) is 0.856. The first-order valence-electron chi connectivity index (χ1n) is 7.97. The topological polar surface area (TPSA) is 58.4 Å². The summed E-state index contributed by atoms with van der Waals surface area (Å²) < 4.78 is 15.0. The lowest BCUT2D eigenvalue weighted by Crippen LogP contribution is -2.39.